The van der Waals surface area contributed by atoms with Crippen LogP contribution in [-0.4, -0.2) is 35.0 Å². The molecule has 2 aromatic heterocycles. The van der Waals surface area contributed by atoms with Crippen LogP contribution >= 0.6 is 0 Å². The Morgan fingerprint density at radius 2 is 2.08 bits per heavy atom. The largest absolute Gasteiger partial charge is 0.497 e. The van der Waals surface area contributed by atoms with Gasteiger partial charge in [-0.05, 0) is 24.6 Å². The van der Waals surface area contributed by atoms with Crippen molar-refractivity contribution >= 4 is 26.8 Å². The van der Waals surface area contributed by atoms with E-state index < -0.39 is 9.84 Å². The molecule has 0 radical (unpaired) electrons. The summed E-state index contributed by atoms with van der Waals surface area (Å²) in [6.45, 7) is 2.50. The van der Waals surface area contributed by atoms with Crippen molar-refractivity contribution in [1.29, 1.82) is 0 Å². The molecule has 2 heterocycles. The molecule has 0 aliphatic heterocycles. The second-order valence-electron chi connectivity index (χ2n) is 5.51. The number of nitrogens with zero attached hydrogens (tertiary/aromatic N) is 4. The molecule has 8 nitrogen and oxygen atoms in total. The summed E-state index contributed by atoms with van der Waals surface area (Å²) in [4.78, 5) is 12.4. The van der Waals surface area contributed by atoms with Gasteiger partial charge in [0.1, 0.15) is 12.1 Å². The number of unbranched alkanes of at least 4 members (excludes halogenated alkanes) is 1. The predicted octanol–water partition coefficient (Wildman–Crippen LogP) is 2.05. The first-order chi connectivity index (χ1) is 12.0. The van der Waals surface area contributed by atoms with E-state index >= 15 is 0 Å². The van der Waals surface area contributed by atoms with Crippen molar-refractivity contribution < 1.29 is 13.2 Å². The topological polar surface area (TPSA) is 113 Å². The summed E-state index contributed by atoms with van der Waals surface area (Å²) < 4.78 is 33.0. The molecule has 3 aromatic rings. The van der Waals surface area contributed by atoms with Gasteiger partial charge in [0.25, 0.3) is 0 Å². The highest BCUT2D eigenvalue weighted by Crippen LogP contribution is 2.28. The van der Waals surface area contributed by atoms with Crippen LogP contribution in [0.25, 0.3) is 11.2 Å². The average molecular weight is 361 g/mol. The molecule has 0 fully saturated rings. The van der Waals surface area contributed by atoms with Crippen LogP contribution in [0.15, 0.2) is 40.6 Å². The minimum absolute atomic E-state index is 0.0867. The van der Waals surface area contributed by atoms with Gasteiger partial charge in [0.15, 0.2) is 17.0 Å². The third-order valence-corrected chi connectivity index (χ3v) is 5.52. The molecule has 2 N–H and O–H groups in total. The van der Waals surface area contributed by atoms with E-state index in [0.717, 1.165) is 12.8 Å². The van der Waals surface area contributed by atoms with Crippen molar-refractivity contribution in [2.75, 3.05) is 12.8 Å². The Morgan fingerprint density at radius 1 is 1.28 bits per heavy atom. The number of fused-ring (bicyclic) bond motifs is 1. The maximum atomic E-state index is 13.1. The molecule has 0 amide bonds. The zero-order valence-electron chi connectivity index (χ0n) is 14.0. The summed E-state index contributed by atoms with van der Waals surface area (Å²) in [6, 6.07) is 6.28. The predicted molar refractivity (Wildman–Crippen MR) is 93.1 cm³/mol. The first kappa shape index (κ1) is 17.2. The minimum atomic E-state index is -3.86. The molecule has 0 unspecified atom stereocenters. The highest BCUT2D eigenvalue weighted by Gasteiger charge is 2.27. The summed E-state index contributed by atoms with van der Waals surface area (Å²) in [7, 11) is -2.38. The van der Waals surface area contributed by atoms with Gasteiger partial charge in [-0.2, -0.15) is 0 Å². The number of hydrogen-bond donors (Lipinski definition) is 1. The van der Waals surface area contributed by atoms with Crippen LogP contribution in [0.5, 0.6) is 5.75 Å². The van der Waals surface area contributed by atoms with Gasteiger partial charge in [-0.3, -0.25) is 4.57 Å². The van der Waals surface area contributed by atoms with Crippen LogP contribution in [0.2, 0.25) is 0 Å². The van der Waals surface area contributed by atoms with E-state index in [9.17, 15) is 8.42 Å². The van der Waals surface area contributed by atoms with Crippen molar-refractivity contribution in [2.45, 2.75) is 36.4 Å². The fourth-order valence-corrected chi connectivity index (χ4v) is 3.95. The highest BCUT2D eigenvalue weighted by molar-refractivity contribution is 7.91. The lowest BCUT2D eigenvalue weighted by Gasteiger charge is -2.09. The number of nitrogens with two attached hydrogens (primary N) is 1. The Morgan fingerprint density at radius 3 is 2.80 bits per heavy atom. The van der Waals surface area contributed by atoms with E-state index in [1.54, 1.807) is 16.7 Å². The molecule has 0 saturated heterocycles. The van der Waals surface area contributed by atoms with E-state index in [0.29, 0.717) is 23.5 Å². The number of hydrogen-bond acceptors (Lipinski definition) is 7. The fourth-order valence-electron chi connectivity index (χ4n) is 2.53. The molecule has 132 valence electrons. The fraction of sp³-hybridized carbons (Fsp3) is 0.312. The highest BCUT2D eigenvalue weighted by atomic mass is 32.2. The average Bonchev–Trinajstić information content (AvgIpc) is 3.01. The normalized spacial score (nSPS) is 11.8. The van der Waals surface area contributed by atoms with Crippen LogP contribution in [0.1, 0.15) is 19.8 Å². The molecular weight excluding hydrogens is 342 g/mol. The van der Waals surface area contributed by atoms with Crippen LogP contribution in [-0.2, 0) is 16.4 Å². The lowest BCUT2D eigenvalue weighted by molar-refractivity contribution is 0.413. The maximum absolute atomic E-state index is 13.1. The van der Waals surface area contributed by atoms with Crippen LogP contribution in [0.4, 0.5) is 5.82 Å². The van der Waals surface area contributed by atoms with Crippen molar-refractivity contribution in [1.82, 2.24) is 19.5 Å². The molecule has 0 saturated carbocycles. The Balaban J connectivity index is 2.23. The van der Waals surface area contributed by atoms with Gasteiger partial charge in [-0.25, -0.2) is 23.4 Å². The number of imidazole rings is 1. The smallest absolute Gasteiger partial charge is 0.240 e. The maximum Gasteiger partial charge on any atom is 0.240 e. The number of nitrogen functional groups attached to an aromatic ring is 1. The van der Waals surface area contributed by atoms with E-state index in [1.807, 2.05) is 6.92 Å². The van der Waals surface area contributed by atoms with Crippen LogP contribution in [0.3, 0.4) is 0 Å². The van der Waals surface area contributed by atoms with Crippen LogP contribution in [0, 0.1) is 0 Å². The van der Waals surface area contributed by atoms with Gasteiger partial charge in [0, 0.05) is 6.54 Å². The Labute approximate surface area is 145 Å². The molecule has 1 aromatic carbocycles. The standard InChI is InChI=1S/C16H19N5O3S/c1-3-4-8-21-15-13(14(17)18-10-19-15)20-16(21)25(22,23)12-7-5-6-11(9-12)24-2/h5-7,9-10H,3-4,8H2,1-2H3,(H2,17,18,19). The summed E-state index contributed by atoms with van der Waals surface area (Å²) in [6.07, 6.45) is 3.00. The third kappa shape index (κ3) is 3.02. The van der Waals surface area contributed by atoms with E-state index in [4.69, 9.17) is 10.5 Å². The number of aryl methyl sites for hydroxylation is 1. The van der Waals surface area contributed by atoms with Crippen molar-refractivity contribution in [3.8, 4) is 5.75 Å². The monoisotopic (exact) mass is 361 g/mol. The number of anilines is 1. The second kappa shape index (κ2) is 6.67. The molecule has 0 aliphatic carbocycles. The Hall–Kier alpha value is -2.68. The van der Waals surface area contributed by atoms with Crippen molar-refractivity contribution in [2.24, 2.45) is 0 Å². The molecule has 0 aliphatic rings. The number of ether oxygens (including phenoxy) is 1. The molecule has 9 heteroatoms. The molecule has 3 rings (SSSR count). The SMILES string of the molecule is CCCCn1c(S(=O)(=O)c2cccc(OC)c2)nc2c(N)ncnc21. The Kier molecular flexibility index (Phi) is 4.58. The summed E-state index contributed by atoms with van der Waals surface area (Å²) in [5.74, 6) is 0.610. The Bertz CT molecular complexity index is 1010. The quantitative estimate of drug-likeness (QED) is 0.715. The van der Waals surface area contributed by atoms with Crippen molar-refractivity contribution in [3.63, 3.8) is 0 Å². The number of benzene rings is 1. The van der Waals surface area contributed by atoms with E-state index in [1.165, 1.54) is 25.6 Å². The van der Waals surface area contributed by atoms with Crippen LogP contribution < -0.4 is 10.5 Å². The van der Waals surface area contributed by atoms with Crippen molar-refractivity contribution in [3.05, 3.63) is 30.6 Å². The lowest BCUT2D eigenvalue weighted by atomic mass is 10.3. The van der Waals surface area contributed by atoms with E-state index in [-0.39, 0.29) is 15.9 Å². The molecule has 25 heavy (non-hydrogen) atoms. The van der Waals surface area contributed by atoms with Gasteiger partial charge >= 0.3 is 0 Å². The molecular formula is C16H19N5O3S. The van der Waals surface area contributed by atoms with Gasteiger partial charge in [-0.15, -0.1) is 0 Å². The molecule has 0 spiro atoms. The molecule has 0 bridgehead atoms. The van der Waals surface area contributed by atoms with Gasteiger partial charge in [-0.1, -0.05) is 19.4 Å². The first-order valence-corrected chi connectivity index (χ1v) is 9.33. The molecule has 0 atom stereocenters. The van der Waals surface area contributed by atoms with Gasteiger partial charge in [0.2, 0.25) is 15.0 Å². The first-order valence-electron chi connectivity index (χ1n) is 7.85. The zero-order chi connectivity index (χ0) is 18.0. The second-order valence-corrected chi connectivity index (χ2v) is 7.36. The van der Waals surface area contributed by atoms with E-state index in [2.05, 4.69) is 15.0 Å². The lowest BCUT2D eigenvalue weighted by Crippen LogP contribution is -2.12. The number of sulfone groups is 1. The summed E-state index contributed by atoms with van der Waals surface area (Å²) in [5.41, 5.74) is 6.56. The summed E-state index contributed by atoms with van der Waals surface area (Å²) >= 11 is 0. The number of aromatic nitrogens is 4. The number of rotatable bonds is 6. The number of methoxy groups -OCH3 is 1. The summed E-state index contributed by atoms with van der Waals surface area (Å²) in [5, 5.41) is -0.0867. The zero-order valence-corrected chi connectivity index (χ0v) is 14.8. The minimum Gasteiger partial charge on any atom is -0.497 e. The third-order valence-electron chi connectivity index (χ3n) is 3.85. The van der Waals surface area contributed by atoms with Gasteiger partial charge in [0.05, 0.1) is 12.0 Å². The van der Waals surface area contributed by atoms with Gasteiger partial charge < -0.3 is 10.5 Å².